The lowest BCUT2D eigenvalue weighted by Crippen LogP contribution is -2.43. The summed E-state index contributed by atoms with van der Waals surface area (Å²) in [6, 6.07) is 20.9. The third-order valence-electron chi connectivity index (χ3n) is 8.80. The lowest BCUT2D eigenvalue weighted by atomic mass is 9.72. The van der Waals surface area contributed by atoms with Gasteiger partial charge in [0.2, 0.25) is 5.91 Å². The van der Waals surface area contributed by atoms with Crippen LogP contribution in [0.3, 0.4) is 0 Å². The molecular weight excluding hydrogens is 488 g/mol. The highest BCUT2D eigenvalue weighted by molar-refractivity contribution is 5.92. The molecule has 2 amide bonds. The number of amides is 2. The Kier molecular flexibility index (Phi) is 7.09. The highest BCUT2D eigenvalue weighted by Gasteiger charge is 2.34. The fourth-order valence-electron chi connectivity index (χ4n) is 6.29. The summed E-state index contributed by atoms with van der Waals surface area (Å²) >= 11 is 0. The maximum absolute atomic E-state index is 13.0. The summed E-state index contributed by atoms with van der Waals surface area (Å²) in [6.45, 7) is 1.16. The molecule has 7 nitrogen and oxygen atoms in total. The van der Waals surface area contributed by atoms with Gasteiger partial charge in [-0.15, -0.1) is 0 Å². The molecule has 1 aromatic heterocycles. The SMILES string of the molecule is NC1(c2ccc(-c3cnc(NC(=O)C[C@H]4CC[C@H](N5CCOC5=O)CC4)cc3-c3ccccc3)cc2)CCC1. The molecule has 1 saturated heterocycles. The van der Waals surface area contributed by atoms with Crippen molar-refractivity contribution in [3.8, 4) is 22.3 Å². The summed E-state index contributed by atoms with van der Waals surface area (Å²) in [7, 11) is 0. The Bertz CT molecular complexity index is 1330. The van der Waals surface area contributed by atoms with Gasteiger partial charge in [-0.3, -0.25) is 4.79 Å². The number of nitrogens with two attached hydrogens (primary N) is 1. The number of cyclic esters (lactones) is 1. The second-order valence-electron chi connectivity index (χ2n) is 11.3. The van der Waals surface area contributed by atoms with Crippen molar-refractivity contribution >= 4 is 17.8 Å². The van der Waals surface area contributed by atoms with Gasteiger partial charge < -0.3 is 20.7 Å². The molecule has 0 bridgehead atoms. The molecule has 0 spiro atoms. The van der Waals surface area contributed by atoms with Gasteiger partial charge in [-0.2, -0.15) is 0 Å². The first-order valence-electron chi connectivity index (χ1n) is 14.2. The predicted octanol–water partition coefficient (Wildman–Crippen LogP) is 6.09. The number of nitrogens with zero attached hydrogens (tertiary/aromatic N) is 2. The Balaban J connectivity index is 1.15. The van der Waals surface area contributed by atoms with Gasteiger partial charge in [0.05, 0.1) is 6.54 Å². The van der Waals surface area contributed by atoms with E-state index in [0.29, 0.717) is 31.3 Å². The second kappa shape index (κ2) is 10.8. The number of hydrogen-bond acceptors (Lipinski definition) is 5. The summed E-state index contributed by atoms with van der Waals surface area (Å²) in [5.74, 6) is 0.854. The van der Waals surface area contributed by atoms with Gasteiger partial charge >= 0.3 is 6.09 Å². The molecule has 3 aromatic rings. The van der Waals surface area contributed by atoms with Crippen LogP contribution >= 0.6 is 0 Å². The van der Waals surface area contributed by atoms with Crippen molar-refractivity contribution < 1.29 is 14.3 Å². The van der Waals surface area contributed by atoms with Crippen molar-refractivity contribution in [1.82, 2.24) is 9.88 Å². The highest BCUT2D eigenvalue weighted by Crippen LogP contribution is 2.40. The molecule has 2 saturated carbocycles. The molecule has 3 aliphatic rings. The van der Waals surface area contributed by atoms with E-state index in [-0.39, 0.29) is 23.6 Å². The van der Waals surface area contributed by atoms with Crippen LogP contribution in [0.15, 0.2) is 66.9 Å². The Morgan fingerprint density at radius 3 is 2.36 bits per heavy atom. The average molecular weight is 525 g/mol. The normalized spacial score (nSPS) is 22.2. The van der Waals surface area contributed by atoms with E-state index in [4.69, 9.17) is 10.5 Å². The van der Waals surface area contributed by atoms with Crippen LogP contribution in [0.2, 0.25) is 0 Å². The Hall–Kier alpha value is -3.71. The fourth-order valence-corrected chi connectivity index (χ4v) is 6.29. The number of hydrogen-bond donors (Lipinski definition) is 2. The first-order valence-corrected chi connectivity index (χ1v) is 14.2. The van der Waals surface area contributed by atoms with E-state index in [1.165, 1.54) is 12.0 Å². The third-order valence-corrected chi connectivity index (χ3v) is 8.80. The van der Waals surface area contributed by atoms with Crippen LogP contribution in [0.1, 0.15) is 56.9 Å². The molecule has 7 heteroatoms. The van der Waals surface area contributed by atoms with Crippen molar-refractivity contribution in [2.45, 2.75) is 62.9 Å². The molecule has 6 rings (SSSR count). The molecule has 3 N–H and O–H groups in total. The monoisotopic (exact) mass is 524 g/mol. The molecule has 0 atom stereocenters. The number of carbonyl (C=O) groups is 2. The van der Waals surface area contributed by atoms with Crippen molar-refractivity contribution in [3.05, 3.63) is 72.4 Å². The number of rotatable bonds is 7. The summed E-state index contributed by atoms with van der Waals surface area (Å²) < 4.78 is 5.09. The van der Waals surface area contributed by atoms with Gasteiger partial charge in [-0.05, 0) is 79.2 Å². The number of pyridine rings is 1. The molecule has 39 heavy (non-hydrogen) atoms. The lowest BCUT2D eigenvalue weighted by molar-refractivity contribution is -0.117. The van der Waals surface area contributed by atoms with Crippen LogP contribution in [0.5, 0.6) is 0 Å². The highest BCUT2D eigenvalue weighted by atomic mass is 16.6. The maximum Gasteiger partial charge on any atom is 0.410 e. The van der Waals surface area contributed by atoms with E-state index in [9.17, 15) is 9.59 Å². The zero-order chi connectivity index (χ0) is 26.8. The van der Waals surface area contributed by atoms with Gasteiger partial charge in [0, 0.05) is 29.8 Å². The average Bonchev–Trinajstić information content (AvgIpc) is 3.38. The minimum Gasteiger partial charge on any atom is -0.448 e. The van der Waals surface area contributed by atoms with Gasteiger partial charge in [-0.1, -0.05) is 54.6 Å². The standard InChI is InChI=1S/C32H36N4O3/c33-32(15-4-16-32)25-11-9-24(10-12-25)28-21-34-29(20-27(28)23-5-2-1-3-6-23)35-30(37)19-22-7-13-26(14-8-22)36-17-18-39-31(36)38/h1-3,5-6,9-12,20-22,26H,4,7-8,13-19,33H2,(H,34,35,37)/t22-,26-. The first kappa shape index (κ1) is 25.6. The van der Waals surface area contributed by atoms with Crippen LogP contribution < -0.4 is 11.1 Å². The summed E-state index contributed by atoms with van der Waals surface area (Å²) in [5, 5.41) is 3.04. The van der Waals surface area contributed by atoms with Crippen molar-refractivity contribution in [2.75, 3.05) is 18.5 Å². The molecule has 202 valence electrons. The molecule has 2 aliphatic carbocycles. The zero-order valence-electron chi connectivity index (χ0n) is 22.3. The second-order valence-corrected chi connectivity index (χ2v) is 11.3. The van der Waals surface area contributed by atoms with E-state index in [0.717, 1.165) is 60.8 Å². The van der Waals surface area contributed by atoms with Gasteiger partial charge in [-0.25, -0.2) is 9.78 Å². The van der Waals surface area contributed by atoms with Crippen molar-refractivity contribution in [1.29, 1.82) is 0 Å². The number of ether oxygens (including phenoxy) is 1. The third kappa shape index (κ3) is 5.41. The van der Waals surface area contributed by atoms with E-state index < -0.39 is 0 Å². The largest absolute Gasteiger partial charge is 0.448 e. The molecule has 2 aromatic carbocycles. The molecule has 0 radical (unpaired) electrons. The van der Waals surface area contributed by atoms with Gasteiger partial charge in [0.25, 0.3) is 0 Å². The van der Waals surface area contributed by atoms with Crippen LogP contribution in [0, 0.1) is 5.92 Å². The number of nitrogens with one attached hydrogen (secondary N) is 1. The summed E-state index contributed by atoms with van der Waals surface area (Å²) in [4.78, 5) is 31.3. The van der Waals surface area contributed by atoms with E-state index in [1.807, 2.05) is 35.4 Å². The van der Waals surface area contributed by atoms with Crippen LogP contribution in [-0.4, -0.2) is 41.1 Å². The minimum atomic E-state index is -0.197. The Morgan fingerprint density at radius 1 is 1.00 bits per heavy atom. The predicted molar refractivity (Wildman–Crippen MR) is 152 cm³/mol. The van der Waals surface area contributed by atoms with E-state index in [2.05, 4.69) is 46.7 Å². The van der Waals surface area contributed by atoms with Crippen LogP contribution in [0.4, 0.5) is 10.6 Å². The van der Waals surface area contributed by atoms with Crippen LogP contribution in [0.25, 0.3) is 22.3 Å². The number of benzene rings is 2. The van der Waals surface area contributed by atoms with Crippen LogP contribution in [-0.2, 0) is 15.1 Å². The maximum atomic E-state index is 13.0. The topological polar surface area (TPSA) is 97.5 Å². The molecule has 0 unspecified atom stereocenters. The number of anilines is 1. The smallest absolute Gasteiger partial charge is 0.410 e. The van der Waals surface area contributed by atoms with E-state index >= 15 is 0 Å². The van der Waals surface area contributed by atoms with Gasteiger partial charge in [0.15, 0.2) is 0 Å². The lowest BCUT2D eigenvalue weighted by Gasteiger charge is -2.38. The van der Waals surface area contributed by atoms with Crippen molar-refractivity contribution in [2.24, 2.45) is 11.7 Å². The summed E-state index contributed by atoms with van der Waals surface area (Å²) in [6.07, 6.45) is 9.08. The zero-order valence-corrected chi connectivity index (χ0v) is 22.3. The molecular formula is C32H36N4O3. The molecule has 1 aliphatic heterocycles. The fraction of sp³-hybridized carbons (Fsp3) is 0.406. The van der Waals surface area contributed by atoms with E-state index in [1.54, 1.807) is 0 Å². The first-order chi connectivity index (χ1) is 19.0. The minimum absolute atomic E-state index is 0.0172. The number of aromatic nitrogens is 1. The summed E-state index contributed by atoms with van der Waals surface area (Å²) in [5.41, 5.74) is 11.7. The quantitative estimate of drug-likeness (QED) is 0.390. The van der Waals surface area contributed by atoms with Crippen molar-refractivity contribution in [3.63, 3.8) is 0 Å². The Labute approximate surface area is 229 Å². The molecule has 2 heterocycles. The van der Waals surface area contributed by atoms with Gasteiger partial charge in [0.1, 0.15) is 12.4 Å². The number of carbonyl (C=O) groups excluding carboxylic acids is 2. The molecule has 3 fully saturated rings. The Morgan fingerprint density at radius 2 is 1.72 bits per heavy atom.